The predicted octanol–water partition coefficient (Wildman–Crippen LogP) is 2.03. The Morgan fingerprint density at radius 1 is 1.35 bits per heavy atom. The molecule has 0 atom stereocenters. The van der Waals surface area contributed by atoms with Crippen LogP contribution in [0.5, 0.6) is 5.75 Å². The topological polar surface area (TPSA) is 33.3 Å². The molecule has 0 spiro atoms. The lowest BCUT2D eigenvalue weighted by Crippen LogP contribution is -2.54. The summed E-state index contributed by atoms with van der Waals surface area (Å²) in [5.74, 6) is 1.02. The van der Waals surface area contributed by atoms with E-state index in [1.54, 1.807) is 0 Å². The second-order valence-electron chi connectivity index (χ2n) is 5.52. The van der Waals surface area contributed by atoms with Crippen molar-refractivity contribution in [2.75, 3.05) is 31.6 Å². The number of nitrogens with one attached hydrogen (secondary N) is 2. The molecule has 1 saturated heterocycles. The molecule has 3 nitrogen and oxygen atoms in total. The largest absolute Gasteiger partial charge is 0.491 e. The summed E-state index contributed by atoms with van der Waals surface area (Å²) in [6.07, 6.45) is 2.39. The number of rotatable bonds is 3. The fraction of sp³-hybridized carbons (Fsp3) is 0.571. The van der Waals surface area contributed by atoms with Gasteiger partial charge < -0.3 is 15.4 Å². The molecule has 0 saturated carbocycles. The molecule has 0 unspecified atom stereocenters. The molecule has 92 valence electrons. The number of anilines is 1. The van der Waals surface area contributed by atoms with Crippen LogP contribution in [0.25, 0.3) is 0 Å². The van der Waals surface area contributed by atoms with Crippen LogP contribution < -0.4 is 15.4 Å². The van der Waals surface area contributed by atoms with E-state index in [4.69, 9.17) is 4.74 Å². The van der Waals surface area contributed by atoms with Gasteiger partial charge in [-0.2, -0.15) is 0 Å². The molecular formula is C14H20N2O. The first-order chi connectivity index (χ1) is 8.27. The Labute approximate surface area is 103 Å². The second kappa shape index (κ2) is 4.22. The summed E-state index contributed by atoms with van der Waals surface area (Å²) in [7, 11) is 0. The van der Waals surface area contributed by atoms with E-state index in [1.807, 2.05) is 0 Å². The molecule has 1 fully saturated rings. The Kier molecular flexibility index (Phi) is 2.71. The van der Waals surface area contributed by atoms with Gasteiger partial charge in [0, 0.05) is 25.0 Å². The van der Waals surface area contributed by atoms with Crippen LogP contribution in [0.3, 0.4) is 0 Å². The van der Waals surface area contributed by atoms with E-state index >= 15 is 0 Å². The Hall–Kier alpha value is -1.22. The number of hydrogen-bond donors (Lipinski definition) is 2. The van der Waals surface area contributed by atoms with Crippen molar-refractivity contribution in [1.29, 1.82) is 0 Å². The number of benzene rings is 1. The molecule has 3 heteroatoms. The summed E-state index contributed by atoms with van der Waals surface area (Å²) in [6, 6.07) is 6.37. The van der Waals surface area contributed by atoms with Crippen molar-refractivity contribution < 1.29 is 4.74 Å². The van der Waals surface area contributed by atoms with E-state index < -0.39 is 0 Å². The lowest BCUT2D eigenvalue weighted by Gasteiger charge is -2.39. The van der Waals surface area contributed by atoms with Crippen molar-refractivity contribution in [3.63, 3.8) is 0 Å². The van der Waals surface area contributed by atoms with Crippen LogP contribution in [-0.4, -0.2) is 26.2 Å². The predicted molar refractivity (Wildman–Crippen MR) is 69.7 cm³/mol. The van der Waals surface area contributed by atoms with Crippen LogP contribution >= 0.6 is 0 Å². The Morgan fingerprint density at radius 3 is 3.00 bits per heavy atom. The van der Waals surface area contributed by atoms with Gasteiger partial charge in [-0.15, -0.1) is 0 Å². The standard InChI is InChI=1S/C14H20N2O/c1-14(8-15-9-14)10-17-12-6-2-4-11-5-3-7-16-13(11)12/h2,4,6,15-16H,3,5,7-10H2,1H3. The van der Waals surface area contributed by atoms with Gasteiger partial charge in [-0.1, -0.05) is 19.1 Å². The highest BCUT2D eigenvalue weighted by Crippen LogP contribution is 2.33. The maximum absolute atomic E-state index is 6.01. The van der Waals surface area contributed by atoms with Gasteiger partial charge in [-0.25, -0.2) is 0 Å². The Balaban J connectivity index is 1.74. The minimum Gasteiger partial charge on any atom is -0.491 e. The average Bonchev–Trinajstić information content (AvgIpc) is 2.34. The van der Waals surface area contributed by atoms with Crippen molar-refractivity contribution in [2.24, 2.45) is 5.41 Å². The van der Waals surface area contributed by atoms with Gasteiger partial charge in [0.1, 0.15) is 5.75 Å². The van der Waals surface area contributed by atoms with E-state index in [9.17, 15) is 0 Å². The van der Waals surface area contributed by atoms with Gasteiger partial charge in [0.2, 0.25) is 0 Å². The second-order valence-corrected chi connectivity index (χ2v) is 5.52. The smallest absolute Gasteiger partial charge is 0.142 e. The molecule has 0 radical (unpaired) electrons. The number of para-hydroxylation sites is 1. The molecule has 1 aromatic carbocycles. The number of fused-ring (bicyclic) bond motifs is 1. The van der Waals surface area contributed by atoms with Crippen LogP contribution in [0, 0.1) is 5.41 Å². The molecule has 2 aliphatic rings. The summed E-state index contributed by atoms with van der Waals surface area (Å²) in [5.41, 5.74) is 2.93. The first-order valence-corrected chi connectivity index (χ1v) is 6.46. The molecular weight excluding hydrogens is 212 g/mol. The van der Waals surface area contributed by atoms with E-state index in [0.29, 0.717) is 5.41 Å². The minimum atomic E-state index is 0.317. The molecule has 17 heavy (non-hydrogen) atoms. The molecule has 1 aromatic rings. The zero-order chi connectivity index (χ0) is 11.7. The summed E-state index contributed by atoms with van der Waals surface area (Å²) in [6.45, 7) is 6.27. The van der Waals surface area contributed by atoms with Crippen molar-refractivity contribution in [2.45, 2.75) is 19.8 Å². The van der Waals surface area contributed by atoms with Gasteiger partial charge in [-0.3, -0.25) is 0 Å². The van der Waals surface area contributed by atoms with Gasteiger partial charge in [0.25, 0.3) is 0 Å². The summed E-state index contributed by atoms with van der Waals surface area (Å²) < 4.78 is 6.01. The zero-order valence-electron chi connectivity index (χ0n) is 10.4. The van der Waals surface area contributed by atoms with Crippen molar-refractivity contribution in [1.82, 2.24) is 5.32 Å². The highest BCUT2D eigenvalue weighted by atomic mass is 16.5. The SMILES string of the molecule is CC1(COc2cccc3c2NCCC3)CNC1. The first kappa shape index (κ1) is 10.9. The van der Waals surface area contributed by atoms with Crippen LogP contribution in [-0.2, 0) is 6.42 Å². The molecule has 0 aromatic heterocycles. The third-order valence-electron chi connectivity index (χ3n) is 3.72. The van der Waals surface area contributed by atoms with E-state index in [2.05, 4.69) is 35.8 Å². The van der Waals surface area contributed by atoms with Crippen molar-refractivity contribution >= 4 is 5.69 Å². The number of hydrogen-bond acceptors (Lipinski definition) is 3. The fourth-order valence-corrected chi connectivity index (χ4v) is 2.50. The monoisotopic (exact) mass is 232 g/mol. The van der Waals surface area contributed by atoms with E-state index in [-0.39, 0.29) is 0 Å². The number of aryl methyl sites for hydroxylation is 1. The maximum atomic E-state index is 6.01. The van der Waals surface area contributed by atoms with Gasteiger partial charge in [-0.05, 0) is 24.5 Å². The molecule has 3 rings (SSSR count). The maximum Gasteiger partial charge on any atom is 0.142 e. The Morgan fingerprint density at radius 2 is 2.24 bits per heavy atom. The molecule has 0 aliphatic carbocycles. The lowest BCUT2D eigenvalue weighted by molar-refractivity contribution is 0.102. The number of ether oxygens (including phenoxy) is 1. The van der Waals surface area contributed by atoms with Crippen LogP contribution in [0.15, 0.2) is 18.2 Å². The average molecular weight is 232 g/mol. The summed E-state index contributed by atoms with van der Waals surface area (Å²) in [4.78, 5) is 0. The minimum absolute atomic E-state index is 0.317. The summed E-state index contributed by atoms with van der Waals surface area (Å²) in [5, 5.41) is 6.77. The van der Waals surface area contributed by atoms with Gasteiger partial charge in [0.05, 0.1) is 12.3 Å². The lowest BCUT2D eigenvalue weighted by atomic mass is 9.85. The van der Waals surface area contributed by atoms with Crippen LogP contribution in [0.2, 0.25) is 0 Å². The first-order valence-electron chi connectivity index (χ1n) is 6.46. The quantitative estimate of drug-likeness (QED) is 0.836. The van der Waals surface area contributed by atoms with Gasteiger partial charge >= 0.3 is 0 Å². The highest BCUT2D eigenvalue weighted by molar-refractivity contribution is 5.63. The van der Waals surface area contributed by atoms with E-state index in [1.165, 1.54) is 24.1 Å². The zero-order valence-corrected chi connectivity index (χ0v) is 10.4. The van der Waals surface area contributed by atoms with Crippen molar-refractivity contribution in [3.8, 4) is 5.75 Å². The molecule has 0 amide bonds. The highest BCUT2D eigenvalue weighted by Gasteiger charge is 2.32. The van der Waals surface area contributed by atoms with Gasteiger partial charge in [0.15, 0.2) is 0 Å². The molecule has 0 bridgehead atoms. The fourth-order valence-electron chi connectivity index (χ4n) is 2.50. The summed E-state index contributed by atoms with van der Waals surface area (Å²) >= 11 is 0. The third-order valence-corrected chi connectivity index (χ3v) is 3.72. The van der Waals surface area contributed by atoms with Crippen LogP contribution in [0.4, 0.5) is 5.69 Å². The third kappa shape index (κ3) is 2.12. The van der Waals surface area contributed by atoms with Crippen LogP contribution in [0.1, 0.15) is 18.9 Å². The van der Waals surface area contributed by atoms with Crippen molar-refractivity contribution in [3.05, 3.63) is 23.8 Å². The molecule has 2 heterocycles. The molecule has 2 aliphatic heterocycles. The van der Waals surface area contributed by atoms with E-state index in [0.717, 1.165) is 32.0 Å². The molecule has 2 N–H and O–H groups in total. The Bertz CT molecular complexity index is 413. The normalized spacial score (nSPS) is 21.0.